The predicted molar refractivity (Wildman–Crippen MR) is 69.5 cm³/mol. The lowest BCUT2D eigenvalue weighted by Crippen LogP contribution is -2.36. The highest BCUT2D eigenvalue weighted by molar-refractivity contribution is 7.17. The topological polar surface area (TPSA) is 37.5 Å². The number of aliphatic hydroxyl groups excluding tert-OH is 1. The van der Waals surface area contributed by atoms with Crippen molar-refractivity contribution in [3.63, 3.8) is 0 Å². The zero-order chi connectivity index (χ0) is 14.7. The molecule has 110 valence electrons. The van der Waals surface area contributed by atoms with Crippen LogP contribution < -0.4 is 0 Å². The molecule has 2 heterocycles. The molecule has 7 heteroatoms. The van der Waals surface area contributed by atoms with Gasteiger partial charge in [0.2, 0.25) is 0 Å². The largest absolute Gasteiger partial charge is 0.427 e. The van der Waals surface area contributed by atoms with Gasteiger partial charge in [0.05, 0.1) is 18.0 Å². The molecule has 0 aromatic carbocycles. The van der Waals surface area contributed by atoms with Crippen molar-refractivity contribution < 1.29 is 18.3 Å². The molecule has 0 bridgehead atoms. The Labute approximate surface area is 118 Å². The highest BCUT2D eigenvalue weighted by atomic mass is 32.1. The van der Waals surface area contributed by atoms with Gasteiger partial charge in [-0.1, -0.05) is 13.8 Å². The number of aliphatic hydroxyl groups is 1. The molecule has 0 saturated heterocycles. The van der Waals surface area contributed by atoms with E-state index in [0.717, 1.165) is 12.8 Å². The van der Waals surface area contributed by atoms with Crippen molar-refractivity contribution in [2.45, 2.75) is 39.0 Å². The standard InChI is InChI=1S/C13H15F3N2OS/c1-12(2)3-7(4-12)10(19)9-11(13(14,15)16)20-8-5-17-6-18(8)9/h5-7,10,19H,3-4H2,1-2H3. The predicted octanol–water partition coefficient (Wildman–Crippen LogP) is 3.88. The molecule has 1 aliphatic rings. The highest BCUT2D eigenvalue weighted by Gasteiger charge is 2.45. The van der Waals surface area contributed by atoms with E-state index in [0.29, 0.717) is 16.2 Å². The van der Waals surface area contributed by atoms with Crippen LogP contribution in [0.15, 0.2) is 12.5 Å². The average Bonchev–Trinajstić information content (AvgIpc) is 2.82. The number of hydrogen-bond acceptors (Lipinski definition) is 3. The van der Waals surface area contributed by atoms with Gasteiger partial charge in [-0.25, -0.2) is 4.98 Å². The van der Waals surface area contributed by atoms with Crippen LogP contribution in [0, 0.1) is 11.3 Å². The molecule has 1 fully saturated rings. The van der Waals surface area contributed by atoms with Crippen LogP contribution in [0.3, 0.4) is 0 Å². The van der Waals surface area contributed by atoms with E-state index in [-0.39, 0.29) is 17.0 Å². The third-order valence-electron chi connectivity index (χ3n) is 3.92. The van der Waals surface area contributed by atoms with Gasteiger partial charge in [-0.05, 0) is 24.2 Å². The van der Waals surface area contributed by atoms with E-state index in [4.69, 9.17) is 0 Å². The Bertz CT molecular complexity index is 636. The molecule has 20 heavy (non-hydrogen) atoms. The molecule has 0 amide bonds. The van der Waals surface area contributed by atoms with Crippen LogP contribution in [0.1, 0.15) is 43.4 Å². The fraction of sp³-hybridized carbons (Fsp3) is 0.615. The lowest BCUT2D eigenvalue weighted by molar-refractivity contribution is -0.137. The maximum atomic E-state index is 13.1. The van der Waals surface area contributed by atoms with Gasteiger partial charge < -0.3 is 5.11 Å². The molecule has 3 nitrogen and oxygen atoms in total. The Morgan fingerprint density at radius 2 is 2.10 bits per heavy atom. The number of hydrogen-bond donors (Lipinski definition) is 1. The van der Waals surface area contributed by atoms with Crippen molar-refractivity contribution >= 4 is 16.2 Å². The molecule has 1 unspecified atom stereocenters. The van der Waals surface area contributed by atoms with Gasteiger partial charge in [0, 0.05) is 0 Å². The smallest absolute Gasteiger partial charge is 0.387 e. The molecule has 1 N–H and O–H groups in total. The van der Waals surface area contributed by atoms with Crippen LogP contribution in [0.2, 0.25) is 0 Å². The number of imidazole rings is 1. The van der Waals surface area contributed by atoms with E-state index >= 15 is 0 Å². The molecule has 0 aliphatic heterocycles. The van der Waals surface area contributed by atoms with E-state index in [9.17, 15) is 18.3 Å². The Morgan fingerprint density at radius 3 is 2.65 bits per heavy atom. The molecule has 0 spiro atoms. The van der Waals surface area contributed by atoms with Crippen molar-refractivity contribution in [2.75, 3.05) is 0 Å². The summed E-state index contributed by atoms with van der Waals surface area (Å²) in [7, 11) is 0. The molecule has 1 saturated carbocycles. The monoisotopic (exact) mass is 304 g/mol. The highest BCUT2D eigenvalue weighted by Crippen LogP contribution is 2.52. The first-order chi connectivity index (χ1) is 9.19. The van der Waals surface area contributed by atoms with Crippen molar-refractivity contribution in [3.05, 3.63) is 23.1 Å². The number of rotatable bonds is 2. The molecular formula is C13H15F3N2OS. The maximum Gasteiger partial charge on any atom is 0.427 e. The number of thiazole rings is 1. The first-order valence-electron chi connectivity index (χ1n) is 6.39. The third kappa shape index (κ3) is 2.13. The van der Waals surface area contributed by atoms with E-state index in [1.807, 2.05) is 0 Å². The molecule has 3 rings (SSSR count). The molecule has 2 aromatic rings. The first-order valence-corrected chi connectivity index (χ1v) is 7.21. The number of nitrogens with zero attached hydrogens (tertiary/aromatic N) is 2. The lowest BCUT2D eigenvalue weighted by atomic mass is 9.62. The summed E-state index contributed by atoms with van der Waals surface area (Å²) in [6.07, 6.45) is -1.35. The number of aromatic nitrogens is 2. The molecule has 1 aliphatic carbocycles. The normalized spacial score (nSPS) is 21.1. The first kappa shape index (κ1) is 13.9. The summed E-state index contributed by atoms with van der Waals surface area (Å²) in [6, 6.07) is 0. The second-order valence-corrected chi connectivity index (χ2v) is 7.22. The summed E-state index contributed by atoms with van der Waals surface area (Å²) in [5.74, 6) is -0.119. The van der Waals surface area contributed by atoms with Crippen molar-refractivity contribution in [2.24, 2.45) is 11.3 Å². The Morgan fingerprint density at radius 1 is 1.45 bits per heavy atom. The minimum Gasteiger partial charge on any atom is -0.387 e. The Kier molecular flexibility index (Phi) is 2.92. The van der Waals surface area contributed by atoms with Crippen molar-refractivity contribution in [3.8, 4) is 0 Å². The minimum absolute atomic E-state index is 0.0597. The number of fused-ring (bicyclic) bond motifs is 1. The number of halogens is 3. The summed E-state index contributed by atoms with van der Waals surface area (Å²) in [5, 5.41) is 10.4. The second kappa shape index (κ2) is 4.21. The van der Waals surface area contributed by atoms with Crippen molar-refractivity contribution in [1.82, 2.24) is 9.38 Å². The zero-order valence-electron chi connectivity index (χ0n) is 11.1. The summed E-state index contributed by atoms with van der Waals surface area (Å²) in [5.41, 5.74) is 0.0456. The van der Waals surface area contributed by atoms with Gasteiger partial charge in [-0.3, -0.25) is 4.40 Å². The van der Waals surface area contributed by atoms with Gasteiger partial charge in [-0.15, -0.1) is 11.3 Å². The van der Waals surface area contributed by atoms with Gasteiger partial charge in [0.25, 0.3) is 0 Å². The van der Waals surface area contributed by atoms with E-state index in [2.05, 4.69) is 18.8 Å². The Balaban J connectivity index is 2.03. The minimum atomic E-state index is -4.45. The van der Waals surface area contributed by atoms with Crippen molar-refractivity contribution in [1.29, 1.82) is 0 Å². The van der Waals surface area contributed by atoms with Crippen LogP contribution in [-0.2, 0) is 6.18 Å². The van der Waals surface area contributed by atoms with Crippen LogP contribution >= 0.6 is 11.3 Å². The summed E-state index contributed by atoms with van der Waals surface area (Å²) in [4.78, 5) is 3.55. The zero-order valence-corrected chi connectivity index (χ0v) is 11.9. The lowest BCUT2D eigenvalue weighted by Gasteiger charge is -2.45. The van der Waals surface area contributed by atoms with Gasteiger partial charge in [0.1, 0.15) is 16.0 Å². The average molecular weight is 304 g/mol. The summed E-state index contributed by atoms with van der Waals surface area (Å²) >= 11 is 0.633. The van der Waals surface area contributed by atoms with Crippen LogP contribution in [0.25, 0.3) is 4.83 Å². The van der Waals surface area contributed by atoms with Gasteiger partial charge >= 0.3 is 6.18 Å². The fourth-order valence-corrected chi connectivity index (χ4v) is 4.10. The molecule has 0 radical (unpaired) electrons. The summed E-state index contributed by atoms with van der Waals surface area (Å²) < 4.78 is 40.7. The third-order valence-corrected chi connectivity index (χ3v) is 5.07. The quantitative estimate of drug-likeness (QED) is 0.914. The molecular weight excluding hydrogens is 289 g/mol. The summed E-state index contributed by atoms with van der Waals surface area (Å²) in [6.45, 7) is 4.11. The van der Waals surface area contributed by atoms with Crippen LogP contribution in [0.4, 0.5) is 13.2 Å². The second-order valence-electron chi connectivity index (χ2n) is 6.19. The fourth-order valence-electron chi connectivity index (χ4n) is 3.09. The Hall–Kier alpha value is -1.08. The SMILES string of the molecule is CC1(C)CC(C(O)c2c(C(F)(F)F)sc3cncn23)C1. The van der Waals surface area contributed by atoms with E-state index in [1.54, 1.807) is 0 Å². The maximum absolute atomic E-state index is 13.1. The van der Waals surface area contributed by atoms with Gasteiger partial charge in [-0.2, -0.15) is 13.2 Å². The van der Waals surface area contributed by atoms with E-state index < -0.39 is 17.2 Å². The molecule has 2 aromatic heterocycles. The van der Waals surface area contributed by atoms with E-state index in [1.165, 1.54) is 16.9 Å². The van der Waals surface area contributed by atoms with Crippen LogP contribution in [-0.4, -0.2) is 14.5 Å². The molecule has 1 atom stereocenters. The van der Waals surface area contributed by atoms with Crippen LogP contribution in [0.5, 0.6) is 0 Å². The van der Waals surface area contributed by atoms with Gasteiger partial charge in [0.15, 0.2) is 0 Å². The number of alkyl halides is 3.